The Morgan fingerprint density at radius 3 is 2.75 bits per heavy atom. The van der Waals surface area contributed by atoms with Gasteiger partial charge in [0.1, 0.15) is 6.26 Å². The molecular weight excluding hydrogens is 208 g/mol. The molecule has 5 heteroatoms. The summed E-state index contributed by atoms with van der Waals surface area (Å²) in [7, 11) is 1.87. The lowest BCUT2D eigenvalue weighted by Gasteiger charge is -2.11. The van der Waals surface area contributed by atoms with E-state index in [2.05, 4.69) is 15.1 Å². The van der Waals surface area contributed by atoms with Crippen molar-refractivity contribution in [2.45, 2.75) is 6.92 Å². The van der Waals surface area contributed by atoms with E-state index in [0.29, 0.717) is 18.0 Å². The molecule has 0 spiro atoms. The molecule has 5 nitrogen and oxygen atoms in total. The highest BCUT2D eigenvalue weighted by Crippen LogP contribution is 1.96. The van der Waals surface area contributed by atoms with Gasteiger partial charge in [0.2, 0.25) is 0 Å². The van der Waals surface area contributed by atoms with Crippen LogP contribution in [0.25, 0.3) is 0 Å². The summed E-state index contributed by atoms with van der Waals surface area (Å²) in [6, 6.07) is 2.68. The van der Waals surface area contributed by atoms with E-state index in [1.165, 1.54) is 18.4 Å². The summed E-state index contributed by atoms with van der Waals surface area (Å²) < 4.78 is 4.60. The minimum absolute atomic E-state index is 0.230. The van der Waals surface area contributed by atoms with E-state index in [4.69, 9.17) is 0 Å². The Labute approximate surface area is 93.8 Å². The maximum absolute atomic E-state index is 11.6. The van der Waals surface area contributed by atoms with E-state index in [-0.39, 0.29) is 5.91 Å². The van der Waals surface area contributed by atoms with E-state index in [0.717, 1.165) is 6.54 Å². The molecule has 16 heavy (non-hydrogen) atoms. The van der Waals surface area contributed by atoms with Crippen LogP contribution in [0.1, 0.15) is 17.3 Å². The van der Waals surface area contributed by atoms with Crippen molar-refractivity contribution in [1.82, 2.24) is 10.6 Å². The Balaban J connectivity index is 2.46. The van der Waals surface area contributed by atoms with Crippen LogP contribution in [0, 0.1) is 5.92 Å². The molecule has 0 saturated heterocycles. The van der Waals surface area contributed by atoms with Gasteiger partial charge in [-0.25, -0.2) is 4.79 Å². The minimum atomic E-state index is -0.458. The maximum atomic E-state index is 11.6. The van der Waals surface area contributed by atoms with Crippen molar-refractivity contribution in [3.63, 3.8) is 0 Å². The lowest BCUT2D eigenvalue weighted by Crippen LogP contribution is -2.32. The highest BCUT2D eigenvalue weighted by atomic mass is 16.4. The zero-order chi connectivity index (χ0) is 12.0. The van der Waals surface area contributed by atoms with Crippen LogP contribution in [-0.4, -0.2) is 26.0 Å². The zero-order valence-corrected chi connectivity index (χ0v) is 9.45. The van der Waals surface area contributed by atoms with Crippen molar-refractivity contribution in [2.75, 3.05) is 20.1 Å². The van der Waals surface area contributed by atoms with Crippen molar-refractivity contribution >= 4 is 5.91 Å². The predicted molar refractivity (Wildman–Crippen MR) is 60.4 cm³/mol. The first-order valence-electron chi connectivity index (χ1n) is 5.15. The predicted octanol–water partition coefficient (Wildman–Crippen LogP) is 0.225. The van der Waals surface area contributed by atoms with Gasteiger partial charge in [-0.1, -0.05) is 6.92 Å². The summed E-state index contributed by atoms with van der Waals surface area (Å²) >= 11 is 0. The van der Waals surface area contributed by atoms with Gasteiger partial charge in [0, 0.05) is 12.6 Å². The Kier molecular flexibility index (Phi) is 4.72. The van der Waals surface area contributed by atoms with Crippen LogP contribution in [0.5, 0.6) is 0 Å². The summed E-state index contributed by atoms with van der Waals surface area (Å²) in [6.07, 6.45) is 1.17. The minimum Gasteiger partial charge on any atom is -0.430 e. The van der Waals surface area contributed by atoms with Crippen LogP contribution >= 0.6 is 0 Å². The number of amides is 1. The highest BCUT2D eigenvalue weighted by molar-refractivity contribution is 5.93. The molecule has 0 aliphatic rings. The third kappa shape index (κ3) is 3.86. The van der Waals surface area contributed by atoms with Crippen LogP contribution < -0.4 is 16.3 Å². The average molecular weight is 224 g/mol. The fourth-order valence-corrected chi connectivity index (χ4v) is 1.28. The first kappa shape index (κ1) is 12.4. The van der Waals surface area contributed by atoms with Crippen LogP contribution in [0.15, 0.2) is 27.6 Å². The van der Waals surface area contributed by atoms with Gasteiger partial charge in [-0.2, -0.15) is 0 Å². The quantitative estimate of drug-likeness (QED) is 0.750. The summed E-state index contributed by atoms with van der Waals surface area (Å²) in [5, 5.41) is 5.79. The van der Waals surface area contributed by atoms with Crippen LogP contribution in [0.3, 0.4) is 0 Å². The second-order valence-corrected chi connectivity index (χ2v) is 3.72. The summed E-state index contributed by atoms with van der Waals surface area (Å²) in [4.78, 5) is 22.3. The molecule has 0 saturated carbocycles. The molecule has 1 unspecified atom stereocenters. The fourth-order valence-electron chi connectivity index (χ4n) is 1.28. The van der Waals surface area contributed by atoms with E-state index in [1.807, 2.05) is 14.0 Å². The number of hydrogen-bond donors (Lipinski definition) is 2. The van der Waals surface area contributed by atoms with Crippen LogP contribution in [0.4, 0.5) is 0 Å². The number of nitrogens with one attached hydrogen (secondary N) is 2. The van der Waals surface area contributed by atoms with Gasteiger partial charge in [0.05, 0.1) is 5.56 Å². The topological polar surface area (TPSA) is 71.3 Å². The SMILES string of the molecule is CNCC(C)CNC(=O)c1ccc(=O)oc1. The van der Waals surface area contributed by atoms with Gasteiger partial charge >= 0.3 is 5.63 Å². The van der Waals surface area contributed by atoms with Crippen molar-refractivity contribution < 1.29 is 9.21 Å². The first-order chi connectivity index (χ1) is 7.63. The van der Waals surface area contributed by atoms with E-state index in [1.54, 1.807) is 0 Å². The molecule has 1 atom stereocenters. The number of rotatable bonds is 5. The lowest BCUT2D eigenvalue weighted by molar-refractivity contribution is 0.0945. The van der Waals surface area contributed by atoms with Gasteiger partial charge in [-0.05, 0) is 25.6 Å². The molecule has 1 rings (SSSR count). The maximum Gasteiger partial charge on any atom is 0.335 e. The monoisotopic (exact) mass is 224 g/mol. The second kappa shape index (κ2) is 6.07. The van der Waals surface area contributed by atoms with Crippen LogP contribution in [0.2, 0.25) is 0 Å². The third-order valence-corrected chi connectivity index (χ3v) is 2.13. The van der Waals surface area contributed by atoms with Crippen LogP contribution in [-0.2, 0) is 0 Å². The Morgan fingerprint density at radius 2 is 2.19 bits per heavy atom. The van der Waals surface area contributed by atoms with Crippen molar-refractivity contribution in [3.05, 3.63) is 34.4 Å². The zero-order valence-electron chi connectivity index (χ0n) is 9.45. The van der Waals surface area contributed by atoms with Gasteiger partial charge in [0.15, 0.2) is 0 Å². The summed E-state index contributed by atoms with van der Waals surface area (Å²) in [6.45, 7) is 3.45. The molecule has 0 aliphatic heterocycles. The molecule has 0 aliphatic carbocycles. The molecule has 1 aromatic rings. The molecule has 1 amide bonds. The Morgan fingerprint density at radius 1 is 1.44 bits per heavy atom. The highest BCUT2D eigenvalue weighted by Gasteiger charge is 2.07. The third-order valence-electron chi connectivity index (χ3n) is 2.13. The molecule has 0 radical (unpaired) electrons. The van der Waals surface area contributed by atoms with Crippen molar-refractivity contribution in [3.8, 4) is 0 Å². The number of carbonyl (C=O) groups excluding carboxylic acids is 1. The Bertz CT molecular complexity index is 380. The standard InChI is InChI=1S/C11H16N2O3/c1-8(5-12-2)6-13-11(15)9-3-4-10(14)16-7-9/h3-4,7-8,12H,5-6H2,1-2H3,(H,13,15). The molecule has 88 valence electrons. The largest absolute Gasteiger partial charge is 0.430 e. The molecule has 1 heterocycles. The average Bonchev–Trinajstić information content (AvgIpc) is 2.27. The lowest BCUT2D eigenvalue weighted by atomic mass is 10.2. The summed E-state index contributed by atoms with van der Waals surface area (Å²) in [5.41, 5.74) is -0.101. The first-order valence-corrected chi connectivity index (χ1v) is 5.15. The van der Waals surface area contributed by atoms with Crippen molar-refractivity contribution in [2.24, 2.45) is 5.92 Å². The molecule has 2 N–H and O–H groups in total. The van der Waals surface area contributed by atoms with E-state index < -0.39 is 5.63 Å². The van der Waals surface area contributed by atoms with Crippen molar-refractivity contribution in [1.29, 1.82) is 0 Å². The molecule has 1 aromatic heterocycles. The number of hydrogen-bond acceptors (Lipinski definition) is 4. The molecule has 0 aromatic carbocycles. The van der Waals surface area contributed by atoms with E-state index in [9.17, 15) is 9.59 Å². The smallest absolute Gasteiger partial charge is 0.335 e. The summed E-state index contributed by atoms with van der Waals surface area (Å²) in [5.74, 6) is 0.122. The second-order valence-electron chi connectivity index (χ2n) is 3.72. The Hall–Kier alpha value is -1.62. The molecular formula is C11H16N2O3. The molecule has 0 bridgehead atoms. The fraction of sp³-hybridized carbons (Fsp3) is 0.455. The number of carbonyl (C=O) groups is 1. The van der Waals surface area contributed by atoms with Gasteiger partial charge in [-0.3, -0.25) is 4.79 Å². The van der Waals surface area contributed by atoms with Gasteiger partial charge in [0.25, 0.3) is 5.91 Å². The normalized spacial score (nSPS) is 12.1. The van der Waals surface area contributed by atoms with E-state index >= 15 is 0 Å². The molecule has 0 fully saturated rings. The van der Waals surface area contributed by atoms with Gasteiger partial charge < -0.3 is 15.1 Å². The van der Waals surface area contributed by atoms with Gasteiger partial charge in [-0.15, -0.1) is 0 Å².